The zero-order valence-electron chi connectivity index (χ0n) is 15.5. The molecular weight excluding hydrogens is 364 g/mol. The van der Waals surface area contributed by atoms with Gasteiger partial charge < -0.3 is 20.3 Å². The van der Waals surface area contributed by atoms with Crippen LogP contribution in [0.3, 0.4) is 0 Å². The van der Waals surface area contributed by atoms with E-state index in [0.29, 0.717) is 18.4 Å². The van der Waals surface area contributed by atoms with Crippen LogP contribution in [0.1, 0.15) is 36.4 Å². The predicted octanol–water partition coefficient (Wildman–Crippen LogP) is 2.14. The second-order valence-electron chi connectivity index (χ2n) is 7.53. The van der Waals surface area contributed by atoms with E-state index in [-0.39, 0.29) is 24.2 Å². The van der Waals surface area contributed by atoms with E-state index in [0.717, 1.165) is 49.5 Å². The Bertz CT molecular complexity index is 726. The summed E-state index contributed by atoms with van der Waals surface area (Å²) in [6.45, 7) is 4.12. The lowest BCUT2D eigenvalue weighted by Gasteiger charge is -2.46. The number of nitrogens with one attached hydrogen (secondary N) is 2. The van der Waals surface area contributed by atoms with Crippen LogP contribution in [0.25, 0.3) is 6.08 Å². The van der Waals surface area contributed by atoms with Gasteiger partial charge in [0.15, 0.2) is 0 Å². The highest BCUT2D eigenvalue weighted by molar-refractivity contribution is 7.09. The number of rotatable bonds is 3. The molecule has 0 aliphatic carbocycles. The number of hydrogen-bond donors (Lipinski definition) is 2. The highest BCUT2D eigenvalue weighted by Gasteiger charge is 2.43. The summed E-state index contributed by atoms with van der Waals surface area (Å²) in [5.74, 6) is 0.739. The molecule has 27 heavy (non-hydrogen) atoms. The predicted molar refractivity (Wildman–Crippen MR) is 103 cm³/mol. The number of nitrogens with zero attached hydrogens (tertiary/aromatic N) is 2. The topological polar surface area (TPSA) is 83.6 Å². The number of hydrogen-bond acceptors (Lipinski definition) is 5. The van der Waals surface area contributed by atoms with Crippen LogP contribution in [0.2, 0.25) is 0 Å². The normalized spacial score (nSPS) is 29.3. The minimum absolute atomic E-state index is 0.0346. The van der Waals surface area contributed by atoms with Gasteiger partial charge in [-0.25, -0.2) is 9.78 Å². The third-order valence-electron chi connectivity index (χ3n) is 5.79. The zero-order valence-corrected chi connectivity index (χ0v) is 16.3. The van der Waals surface area contributed by atoms with Gasteiger partial charge in [-0.15, -0.1) is 11.3 Å². The number of carbonyl (C=O) groups excluding carboxylic acids is 2. The average molecular weight is 391 g/mol. The summed E-state index contributed by atoms with van der Waals surface area (Å²) in [4.78, 5) is 30.7. The molecule has 0 saturated carbocycles. The van der Waals surface area contributed by atoms with Crippen molar-refractivity contribution in [2.45, 2.75) is 44.9 Å². The van der Waals surface area contributed by atoms with Crippen molar-refractivity contribution in [3.63, 3.8) is 0 Å². The summed E-state index contributed by atoms with van der Waals surface area (Å²) in [5.41, 5.74) is 0.835. The average Bonchev–Trinajstić information content (AvgIpc) is 3.11. The molecule has 4 heterocycles. The van der Waals surface area contributed by atoms with Crippen LogP contribution in [0.4, 0.5) is 4.79 Å². The Labute approximate surface area is 163 Å². The maximum atomic E-state index is 12.5. The molecule has 1 aromatic heterocycles. The Morgan fingerprint density at radius 1 is 1.33 bits per heavy atom. The first-order valence-corrected chi connectivity index (χ1v) is 10.6. The first kappa shape index (κ1) is 18.4. The lowest BCUT2D eigenvalue weighted by Crippen LogP contribution is -2.65. The molecule has 3 atom stereocenters. The molecule has 4 rings (SSSR count). The molecule has 3 aliphatic rings. The second-order valence-corrected chi connectivity index (χ2v) is 8.59. The van der Waals surface area contributed by atoms with Crippen LogP contribution < -0.4 is 10.6 Å². The molecule has 2 N–H and O–H groups in total. The minimum Gasteiger partial charge on any atom is -0.358 e. The van der Waals surface area contributed by atoms with Crippen molar-refractivity contribution in [1.82, 2.24) is 20.5 Å². The van der Waals surface area contributed by atoms with Gasteiger partial charge in [-0.2, -0.15) is 0 Å². The lowest BCUT2D eigenvalue weighted by atomic mass is 9.77. The number of ether oxygens (including phenoxy) is 1. The van der Waals surface area contributed by atoms with Crippen molar-refractivity contribution in [2.75, 3.05) is 19.7 Å². The SMILES string of the molecule is Cc1nc(/C=C/C(=O)N2CCC([C@@H]3NC(=O)N[C@H]4OCCC[C@H]43)CC2)cs1. The Hall–Kier alpha value is -1.93. The lowest BCUT2D eigenvalue weighted by molar-refractivity contribution is -0.128. The zero-order chi connectivity index (χ0) is 18.8. The third-order valence-corrected chi connectivity index (χ3v) is 6.58. The smallest absolute Gasteiger partial charge is 0.317 e. The molecule has 7 nitrogen and oxygen atoms in total. The maximum absolute atomic E-state index is 12.5. The van der Waals surface area contributed by atoms with Gasteiger partial charge in [0, 0.05) is 43.1 Å². The number of likely N-dealkylation sites (tertiary alicyclic amines) is 1. The molecule has 3 aliphatic heterocycles. The van der Waals surface area contributed by atoms with Crippen LogP contribution in [0, 0.1) is 18.8 Å². The van der Waals surface area contributed by atoms with Gasteiger partial charge in [0.2, 0.25) is 5.91 Å². The van der Waals surface area contributed by atoms with Crippen molar-refractivity contribution in [2.24, 2.45) is 11.8 Å². The summed E-state index contributed by atoms with van der Waals surface area (Å²) in [5, 5.41) is 8.97. The van der Waals surface area contributed by atoms with Crippen LogP contribution in [-0.2, 0) is 9.53 Å². The van der Waals surface area contributed by atoms with E-state index in [1.165, 1.54) is 0 Å². The molecule has 146 valence electrons. The summed E-state index contributed by atoms with van der Waals surface area (Å²) in [6.07, 6.45) is 7.15. The van der Waals surface area contributed by atoms with E-state index >= 15 is 0 Å². The summed E-state index contributed by atoms with van der Waals surface area (Å²) in [6, 6.07) is -0.00188. The first-order chi connectivity index (χ1) is 13.1. The van der Waals surface area contributed by atoms with E-state index in [2.05, 4.69) is 15.6 Å². The van der Waals surface area contributed by atoms with Crippen LogP contribution in [0.5, 0.6) is 0 Å². The van der Waals surface area contributed by atoms with Gasteiger partial charge >= 0.3 is 6.03 Å². The van der Waals surface area contributed by atoms with Gasteiger partial charge in [0.25, 0.3) is 0 Å². The number of piperidine rings is 1. The molecule has 3 saturated heterocycles. The number of fused-ring (bicyclic) bond motifs is 1. The molecule has 0 radical (unpaired) electrons. The van der Waals surface area contributed by atoms with Crippen molar-refractivity contribution >= 4 is 29.4 Å². The van der Waals surface area contributed by atoms with Crippen LogP contribution in [0.15, 0.2) is 11.5 Å². The standard InChI is InChI=1S/C19H26N4O3S/c1-12-20-14(11-27-12)4-5-16(24)23-8-6-13(7-9-23)17-15-3-2-10-26-18(15)22-19(25)21-17/h4-5,11,13,15,17-18H,2-3,6-10H2,1H3,(H2,21,22,25)/b5-4+/t15-,17-,18-/m0/s1. The number of urea groups is 1. The summed E-state index contributed by atoms with van der Waals surface area (Å²) >= 11 is 1.58. The Balaban J connectivity index is 1.33. The number of aromatic nitrogens is 1. The third kappa shape index (κ3) is 4.16. The Kier molecular flexibility index (Phi) is 5.45. The molecular formula is C19H26N4O3S. The Morgan fingerprint density at radius 3 is 2.89 bits per heavy atom. The molecule has 0 aromatic carbocycles. The van der Waals surface area contributed by atoms with Gasteiger partial charge in [-0.1, -0.05) is 0 Å². The first-order valence-electron chi connectivity index (χ1n) is 9.68. The molecule has 3 fully saturated rings. The van der Waals surface area contributed by atoms with Crippen molar-refractivity contribution < 1.29 is 14.3 Å². The number of aryl methyl sites for hydroxylation is 1. The molecule has 0 spiro atoms. The minimum atomic E-state index is -0.165. The van der Waals surface area contributed by atoms with E-state index in [1.54, 1.807) is 23.5 Å². The molecule has 8 heteroatoms. The summed E-state index contributed by atoms with van der Waals surface area (Å²) < 4.78 is 5.76. The molecule has 3 amide bonds. The van der Waals surface area contributed by atoms with E-state index in [4.69, 9.17) is 4.74 Å². The fraction of sp³-hybridized carbons (Fsp3) is 0.632. The molecule has 0 bridgehead atoms. The van der Waals surface area contributed by atoms with E-state index in [9.17, 15) is 9.59 Å². The van der Waals surface area contributed by atoms with Gasteiger partial charge in [-0.3, -0.25) is 4.79 Å². The van der Waals surface area contributed by atoms with Gasteiger partial charge in [-0.05, 0) is 44.6 Å². The highest BCUT2D eigenvalue weighted by Crippen LogP contribution is 2.33. The van der Waals surface area contributed by atoms with E-state index in [1.807, 2.05) is 17.2 Å². The van der Waals surface area contributed by atoms with Gasteiger partial charge in [0.1, 0.15) is 6.23 Å². The van der Waals surface area contributed by atoms with Crippen molar-refractivity contribution in [1.29, 1.82) is 0 Å². The molecule has 1 aromatic rings. The molecule has 0 unspecified atom stereocenters. The quantitative estimate of drug-likeness (QED) is 0.775. The monoisotopic (exact) mass is 390 g/mol. The fourth-order valence-corrected chi connectivity index (χ4v) is 5.00. The number of amides is 3. The van der Waals surface area contributed by atoms with E-state index < -0.39 is 0 Å². The maximum Gasteiger partial charge on any atom is 0.317 e. The van der Waals surface area contributed by atoms with Crippen molar-refractivity contribution in [3.05, 3.63) is 22.2 Å². The van der Waals surface area contributed by atoms with Crippen LogP contribution in [-0.4, -0.2) is 53.8 Å². The fourth-order valence-electron chi connectivity index (χ4n) is 4.42. The highest BCUT2D eigenvalue weighted by atomic mass is 32.1. The summed E-state index contributed by atoms with van der Waals surface area (Å²) in [7, 11) is 0. The van der Waals surface area contributed by atoms with Crippen LogP contribution >= 0.6 is 11.3 Å². The second kappa shape index (κ2) is 7.98. The number of carbonyl (C=O) groups is 2. The largest absolute Gasteiger partial charge is 0.358 e. The Morgan fingerprint density at radius 2 is 2.15 bits per heavy atom. The number of thiazole rings is 1. The van der Waals surface area contributed by atoms with Crippen molar-refractivity contribution in [3.8, 4) is 0 Å². The van der Waals surface area contributed by atoms with Gasteiger partial charge in [0.05, 0.1) is 10.7 Å².